The maximum Gasteiger partial charge on any atom is 0.293 e. The van der Waals surface area contributed by atoms with Crippen molar-refractivity contribution in [2.45, 2.75) is 6.54 Å². The first-order valence-corrected chi connectivity index (χ1v) is 11.7. The highest BCUT2D eigenvalue weighted by molar-refractivity contribution is 8.18. The molecule has 3 aromatic carbocycles. The molecule has 0 aromatic heterocycles. The van der Waals surface area contributed by atoms with Crippen LogP contribution in [0.4, 0.5) is 10.5 Å². The van der Waals surface area contributed by atoms with Crippen molar-refractivity contribution < 1.29 is 19.1 Å². The van der Waals surface area contributed by atoms with E-state index in [0.29, 0.717) is 26.4 Å². The molecule has 9 heteroatoms. The van der Waals surface area contributed by atoms with E-state index >= 15 is 0 Å². The lowest BCUT2D eigenvalue weighted by molar-refractivity contribution is -0.123. The number of carbonyl (C=O) groups excluding carboxylic acids is 3. The van der Waals surface area contributed by atoms with Gasteiger partial charge in [0.1, 0.15) is 5.75 Å². The maximum atomic E-state index is 12.7. The molecule has 0 bridgehead atoms. The summed E-state index contributed by atoms with van der Waals surface area (Å²) >= 11 is 12.7. The van der Waals surface area contributed by atoms with Gasteiger partial charge < -0.3 is 10.1 Å². The Labute approximate surface area is 210 Å². The van der Waals surface area contributed by atoms with Crippen molar-refractivity contribution in [1.29, 1.82) is 0 Å². The molecular formula is C25H18Cl2N2O4S. The number of rotatable bonds is 7. The van der Waals surface area contributed by atoms with Gasteiger partial charge in [-0.15, -0.1) is 0 Å². The zero-order chi connectivity index (χ0) is 24.1. The Hall–Kier alpha value is -3.26. The van der Waals surface area contributed by atoms with Gasteiger partial charge in [-0.3, -0.25) is 19.3 Å². The van der Waals surface area contributed by atoms with Gasteiger partial charge in [0.25, 0.3) is 17.1 Å². The van der Waals surface area contributed by atoms with E-state index in [2.05, 4.69) is 5.32 Å². The Bertz CT molecular complexity index is 1260. The molecule has 1 heterocycles. The molecule has 1 fully saturated rings. The highest BCUT2D eigenvalue weighted by atomic mass is 35.5. The van der Waals surface area contributed by atoms with Gasteiger partial charge in [0, 0.05) is 15.7 Å². The summed E-state index contributed by atoms with van der Waals surface area (Å²) in [4.78, 5) is 38.7. The van der Waals surface area contributed by atoms with Crippen molar-refractivity contribution in [3.63, 3.8) is 0 Å². The number of nitrogens with zero attached hydrogens (tertiary/aromatic N) is 1. The van der Waals surface area contributed by atoms with Crippen LogP contribution in [0, 0.1) is 0 Å². The van der Waals surface area contributed by atoms with Crippen LogP contribution in [-0.4, -0.2) is 28.6 Å². The predicted molar refractivity (Wildman–Crippen MR) is 135 cm³/mol. The Balaban J connectivity index is 1.33. The summed E-state index contributed by atoms with van der Waals surface area (Å²) < 4.78 is 5.52. The minimum Gasteiger partial charge on any atom is -0.484 e. The number of hydrogen-bond donors (Lipinski definition) is 1. The number of halogens is 2. The Morgan fingerprint density at radius 3 is 2.41 bits per heavy atom. The Morgan fingerprint density at radius 1 is 0.971 bits per heavy atom. The first-order valence-electron chi connectivity index (χ1n) is 10.2. The second-order valence-electron chi connectivity index (χ2n) is 7.31. The van der Waals surface area contributed by atoms with Crippen LogP contribution in [0.3, 0.4) is 0 Å². The van der Waals surface area contributed by atoms with Crippen molar-refractivity contribution in [2.75, 3.05) is 11.9 Å². The Morgan fingerprint density at radius 2 is 1.71 bits per heavy atom. The molecule has 0 saturated carbocycles. The van der Waals surface area contributed by atoms with Crippen LogP contribution in [0.5, 0.6) is 5.75 Å². The van der Waals surface area contributed by atoms with Gasteiger partial charge in [-0.05, 0) is 77.5 Å². The molecule has 0 aliphatic carbocycles. The molecule has 1 N–H and O–H groups in total. The van der Waals surface area contributed by atoms with Crippen molar-refractivity contribution in [1.82, 2.24) is 4.90 Å². The smallest absolute Gasteiger partial charge is 0.293 e. The predicted octanol–water partition coefficient (Wildman–Crippen LogP) is 6.25. The zero-order valence-electron chi connectivity index (χ0n) is 17.7. The Kier molecular flexibility index (Phi) is 7.57. The fraction of sp³-hybridized carbons (Fsp3) is 0.0800. The fourth-order valence-corrected chi connectivity index (χ4v) is 4.32. The van der Waals surface area contributed by atoms with Crippen molar-refractivity contribution in [2.24, 2.45) is 0 Å². The van der Waals surface area contributed by atoms with E-state index in [1.165, 1.54) is 4.90 Å². The van der Waals surface area contributed by atoms with E-state index in [0.717, 1.165) is 22.9 Å². The summed E-state index contributed by atoms with van der Waals surface area (Å²) in [6.45, 7) is -0.00219. The SMILES string of the molecule is O=C(COc1ccc(/C=C2\SC(=O)N(Cc3cccc(Cl)c3)C2=O)cc1)Nc1ccc(Cl)cc1. The van der Waals surface area contributed by atoms with Crippen LogP contribution in [0.25, 0.3) is 6.08 Å². The second-order valence-corrected chi connectivity index (χ2v) is 9.18. The van der Waals surface area contributed by atoms with Gasteiger partial charge in [-0.2, -0.15) is 0 Å². The molecule has 6 nitrogen and oxygen atoms in total. The van der Waals surface area contributed by atoms with Gasteiger partial charge in [0.05, 0.1) is 11.4 Å². The van der Waals surface area contributed by atoms with Crippen LogP contribution in [-0.2, 0) is 16.1 Å². The fourth-order valence-electron chi connectivity index (χ4n) is 3.15. The van der Waals surface area contributed by atoms with Crippen molar-refractivity contribution in [3.05, 3.63) is 98.9 Å². The van der Waals surface area contributed by atoms with Crippen LogP contribution in [0.1, 0.15) is 11.1 Å². The number of hydrogen-bond acceptors (Lipinski definition) is 5. The van der Waals surface area contributed by atoms with Gasteiger partial charge in [0.2, 0.25) is 0 Å². The number of anilines is 1. The minimum atomic E-state index is -0.353. The summed E-state index contributed by atoms with van der Waals surface area (Å²) in [5.41, 5.74) is 2.13. The number of imide groups is 1. The highest BCUT2D eigenvalue weighted by Crippen LogP contribution is 2.33. The molecule has 3 aromatic rings. The summed E-state index contributed by atoms with van der Waals surface area (Å²) in [7, 11) is 0. The normalized spacial score (nSPS) is 14.5. The zero-order valence-corrected chi connectivity index (χ0v) is 20.0. The molecular weight excluding hydrogens is 495 g/mol. The lowest BCUT2D eigenvalue weighted by atomic mass is 10.2. The molecule has 1 aliphatic rings. The molecule has 0 atom stereocenters. The minimum absolute atomic E-state index is 0.160. The van der Waals surface area contributed by atoms with E-state index in [1.807, 2.05) is 6.07 Å². The molecule has 172 valence electrons. The number of nitrogens with one attached hydrogen (secondary N) is 1. The molecule has 4 rings (SSSR count). The lowest BCUT2D eigenvalue weighted by Gasteiger charge is -2.12. The summed E-state index contributed by atoms with van der Waals surface area (Å²) in [6.07, 6.45) is 1.65. The van der Waals surface area contributed by atoms with Gasteiger partial charge >= 0.3 is 0 Å². The number of ether oxygens (including phenoxy) is 1. The van der Waals surface area contributed by atoms with Gasteiger partial charge in [-0.25, -0.2) is 0 Å². The largest absolute Gasteiger partial charge is 0.484 e. The summed E-state index contributed by atoms with van der Waals surface area (Å²) in [5.74, 6) is -0.161. The molecule has 34 heavy (non-hydrogen) atoms. The first kappa shape index (κ1) is 23.9. The average molecular weight is 513 g/mol. The van der Waals surface area contributed by atoms with E-state index in [1.54, 1.807) is 72.8 Å². The number of benzene rings is 3. The number of thioether (sulfide) groups is 1. The average Bonchev–Trinajstić information content (AvgIpc) is 3.07. The summed E-state index contributed by atoms with van der Waals surface area (Å²) in [6, 6.07) is 20.7. The molecule has 0 unspecified atom stereocenters. The maximum absolute atomic E-state index is 12.7. The molecule has 3 amide bonds. The lowest BCUT2D eigenvalue weighted by Crippen LogP contribution is -2.27. The van der Waals surface area contributed by atoms with Gasteiger partial charge in [0.15, 0.2) is 6.61 Å². The monoisotopic (exact) mass is 512 g/mol. The molecule has 0 spiro atoms. The van der Waals surface area contributed by atoms with Crippen LogP contribution in [0.15, 0.2) is 77.7 Å². The van der Waals surface area contributed by atoms with Crippen LogP contribution >= 0.6 is 35.0 Å². The third-order valence-corrected chi connectivity index (χ3v) is 6.17. The molecule has 1 aliphatic heterocycles. The van der Waals surface area contributed by atoms with E-state index in [9.17, 15) is 14.4 Å². The second kappa shape index (κ2) is 10.8. The van der Waals surface area contributed by atoms with Crippen molar-refractivity contribution in [3.8, 4) is 5.75 Å². The van der Waals surface area contributed by atoms with Crippen molar-refractivity contribution >= 4 is 63.8 Å². The van der Waals surface area contributed by atoms with E-state index < -0.39 is 0 Å². The topological polar surface area (TPSA) is 75.7 Å². The number of amides is 3. The highest BCUT2D eigenvalue weighted by Gasteiger charge is 2.34. The first-order chi connectivity index (χ1) is 16.4. The number of carbonyl (C=O) groups is 3. The molecule has 1 saturated heterocycles. The van der Waals surface area contributed by atoms with E-state index in [4.69, 9.17) is 27.9 Å². The molecule has 0 radical (unpaired) electrons. The third-order valence-electron chi connectivity index (χ3n) is 4.78. The third kappa shape index (κ3) is 6.20. The summed E-state index contributed by atoms with van der Waals surface area (Å²) in [5, 5.41) is 3.52. The van der Waals surface area contributed by atoms with Crippen LogP contribution < -0.4 is 10.1 Å². The quantitative estimate of drug-likeness (QED) is 0.378. The van der Waals surface area contributed by atoms with Crippen LogP contribution in [0.2, 0.25) is 10.0 Å². The van der Waals surface area contributed by atoms with E-state index in [-0.39, 0.29) is 30.2 Å². The van der Waals surface area contributed by atoms with Gasteiger partial charge in [-0.1, -0.05) is 47.5 Å². The standard InChI is InChI=1S/C25H18Cl2N2O4S/c26-18-6-8-20(9-7-18)28-23(30)15-33-21-10-4-16(5-11-21)13-22-24(31)29(25(32)34-22)14-17-2-1-3-19(27)12-17/h1-13H,14-15H2,(H,28,30)/b22-13-.